The van der Waals surface area contributed by atoms with Crippen molar-refractivity contribution in [3.05, 3.63) is 6.35 Å². The Balaban J connectivity index is 2.28. The second kappa shape index (κ2) is 2.30. The average Bonchev–Trinajstić information content (AvgIpc) is 2.14. The van der Waals surface area contributed by atoms with Gasteiger partial charge in [-0.1, -0.05) is 0 Å². The van der Waals surface area contributed by atoms with Gasteiger partial charge in [0.25, 0.3) is 6.35 Å². The molecule has 0 saturated carbocycles. The molecule has 0 aromatic heterocycles. The number of hydrogen-bond donors (Lipinski definition) is 1. The summed E-state index contributed by atoms with van der Waals surface area (Å²) in [6, 6.07) is 0. The lowest BCUT2D eigenvalue weighted by molar-refractivity contribution is 0.202. The Bertz CT molecular complexity index is 85.0. The fourth-order valence-electron chi connectivity index (χ4n) is 0.272. The lowest BCUT2D eigenvalue weighted by atomic mass is 11.0. The maximum Gasteiger partial charge on any atom is 0.293 e. The molecule has 39 valence electrons. The van der Waals surface area contributed by atoms with Crippen LogP contribution >= 0.6 is 11.9 Å². The van der Waals surface area contributed by atoms with Gasteiger partial charge in [-0.3, -0.25) is 0 Å². The highest BCUT2D eigenvalue weighted by molar-refractivity contribution is 8.10. The molecule has 0 atom stereocenters. The van der Waals surface area contributed by atoms with Crippen LogP contribution in [0.4, 0.5) is 0 Å². The molecule has 0 aromatic carbocycles. The highest BCUT2D eigenvalue weighted by Crippen LogP contribution is 2.09. The summed E-state index contributed by atoms with van der Waals surface area (Å²) < 4.78 is 7.49. The fraction of sp³-hybridized carbons (Fsp3) is 0.333. The van der Waals surface area contributed by atoms with Gasteiger partial charge in [-0.25, -0.2) is 9.71 Å². The molecule has 0 amide bonds. The molecule has 0 fully saturated rings. The number of rotatable bonds is 1. The third-order valence-electron chi connectivity index (χ3n) is 0.562. The Morgan fingerprint density at radius 2 is 2.86 bits per heavy atom. The first kappa shape index (κ1) is 5.08. The summed E-state index contributed by atoms with van der Waals surface area (Å²) in [5.74, 6) is 0. The highest BCUT2D eigenvalue weighted by atomic mass is 32.2. The summed E-state index contributed by atoms with van der Waals surface area (Å²) in [4.78, 5) is 3.78. The molecule has 1 N–H and O–H groups in total. The van der Waals surface area contributed by atoms with Gasteiger partial charge in [-0.2, -0.15) is 0 Å². The minimum absolute atomic E-state index is 0.574. The van der Waals surface area contributed by atoms with Crippen LogP contribution < -0.4 is 4.72 Å². The molecule has 3 nitrogen and oxygen atoms in total. The van der Waals surface area contributed by atoms with Crippen LogP contribution in [0.5, 0.6) is 0 Å². The van der Waals surface area contributed by atoms with E-state index in [1.165, 1.54) is 11.9 Å². The van der Waals surface area contributed by atoms with Crippen molar-refractivity contribution in [3.63, 3.8) is 0 Å². The molecule has 0 aliphatic carbocycles. The lowest BCUT2D eigenvalue weighted by Gasteiger charge is -1.97. The van der Waals surface area contributed by atoms with Crippen LogP contribution in [-0.2, 0) is 4.74 Å². The van der Waals surface area contributed by atoms with E-state index in [4.69, 9.17) is 4.74 Å². The van der Waals surface area contributed by atoms with E-state index >= 15 is 0 Å². The number of methoxy groups -OCH3 is 1. The fourth-order valence-corrected chi connectivity index (χ4v) is 0.710. The van der Waals surface area contributed by atoms with Crippen molar-refractivity contribution >= 4 is 17.5 Å². The number of hydrogen-bond acceptors (Lipinski definition) is 4. The quantitative estimate of drug-likeness (QED) is 0.503. The zero-order valence-electron chi connectivity index (χ0n) is 3.84. The average molecular weight is 117 g/mol. The Labute approximate surface area is 46.3 Å². The van der Waals surface area contributed by atoms with Crippen molar-refractivity contribution in [2.24, 2.45) is 4.99 Å². The van der Waals surface area contributed by atoms with Crippen molar-refractivity contribution in [1.82, 2.24) is 4.72 Å². The molecule has 0 spiro atoms. The summed E-state index contributed by atoms with van der Waals surface area (Å²) in [5, 5.41) is 0. The number of nitrogens with zero attached hydrogens (tertiary/aromatic N) is 1. The maximum atomic E-state index is 4.70. The Hall–Kier alpha value is -0.0600. The van der Waals surface area contributed by atoms with Gasteiger partial charge in [0.05, 0.1) is 5.55 Å². The molecule has 4 heteroatoms. The predicted molar refractivity (Wildman–Crippen MR) is 29.5 cm³/mol. The first-order valence-corrected chi connectivity index (χ1v) is 2.66. The highest BCUT2D eigenvalue weighted by Gasteiger charge is 2.08. The van der Waals surface area contributed by atoms with Crippen LogP contribution in [0.15, 0.2) is 4.99 Å². The largest absolute Gasteiger partial charge is 0.339 e. The van der Waals surface area contributed by atoms with Crippen LogP contribution in [0.2, 0.25) is 0 Å². The molecule has 1 heterocycles. The van der Waals surface area contributed by atoms with E-state index in [0.717, 1.165) is 0 Å². The van der Waals surface area contributed by atoms with Gasteiger partial charge in [-0.15, -0.1) is 0 Å². The van der Waals surface area contributed by atoms with Crippen LogP contribution in [0.3, 0.4) is 0 Å². The van der Waals surface area contributed by atoms with E-state index in [1.54, 1.807) is 12.7 Å². The van der Waals surface area contributed by atoms with Gasteiger partial charge in [0, 0.05) is 7.11 Å². The van der Waals surface area contributed by atoms with Gasteiger partial charge in [0.2, 0.25) is 0 Å². The van der Waals surface area contributed by atoms with Gasteiger partial charge < -0.3 is 4.74 Å². The van der Waals surface area contributed by atoms with Gasteiger partial charge in [0.15, 0.2) is 0 Å². The molecule has 0 bridgehead atoms. The van der Waals surface area contributed by atoms with Gasteiger partial charge >= 0.3 is 0 Å². The second-order valence-electron chi connectivity index (χ2n) is 0.964. The van der Waals surface area contributed by atoms with Crippen LogP contribution in [0, 0.1) is 6.35 Å². The molecular formula is C3H5N2OS. The number of nitrogens with one attached hydrogen (secondary N) is 1. The summed E-state index contributed by atoms with van der Waals surface area (Å²) in [6.07, 6.45) is 0.574. The van der Waals surface area contributed by atoms with E-state index < -0.39 is 0 Å². The normalized spacial score (nSPS) is 21.3. The number of aliphatic imine (C=N–C) groups is 1. The van der Waals surface area contributed by atoms with Gasteiger partial charge in [0.1, 0.15) is 0 Å². The lowest BCUT2D eigenvalue weighted by Crippen LogP contribution is -2.06. The van der Waals surface area contributed by atoms with Crippen molar-refractivity contribution in [3.8, 4) is 0 Å². The molecule has 1 aliphatic rings. The van der Waals surface area contributed by atoms with E-state index in [9.17, 15) is 0 Å². The molecule has 1 aliphatic heterocycles. The Morgan fingerprint density at radius 1 is 2.00 bits per heavy atom. The SMILES string of the molecule is CO[C]1N=CSN1. The van der Waals surface area contributed by atoms with Crippen molar-refractivity contribution < 1.29 is 4.74 Å². The molecule has 0 saturated heterocycles. The summed E-state index contributed by atoms with van der Waals surface area (Å²) in [7, 11) is 1.57. The molecule has 1 rings (SSSR count). The van der Waals surface area contributed by atoms with E-state index in [-0.39, 0.29) is 0 Å². The first-order chi connectivity index (χ1) is 3.43. The monoisotopic (exact) mass is 117 g/mol. The summed E-state index contributed by atoms with van der Waals surface area (Å²) in [5.41, 5.74) is 1.68. The maximum absolute atomic E-state index is 4.70. The smallest absolute Gasteiger partial charge is 0.293 e. The van der Waals surface area contributed by atoms with Crippen molar-refractivity contribution in [2.45, 2.75) is 0 Å². The molecule has 0 unspecified atom stereocenters. The zero-order valence-corrected chi connectivity index (χ0v) is 4.66. The Morgan fingerprint density at radius 3 is 3.14 bits per heavy atom. The van der Waals surface area contributed by atoms with E-state index in [0.29, 0.717) is 6.35 Å². The minimum atomic E-state index is 0.574. The minimum Gasteiger partial charge on any atom is -0.339 e. The van der Waals surface area contributed by atoms with Crippen molar-refractivity contribution in [1.29, 1.82) is 0 Å². The van der Waals surface area contributed by atoms with E-state index in [1.807, 2.05) is 0 Å². The van der Waals surface area contributed by atoms with Gasteiger partial charge in [-0.05, 0) is 11.9 Å². The van der Waals surface area contributed by atoms with Crippen LogP contribution in [-0.4, -0.2) is 12.7 Å². The van der Waals surface area contributed by atoms with Crippen molar-refractivity contribution in [2.75, 3.05) is 7.11 Å². The van der Waals surface area contributed by atoms with E-state index in [2.05, 4.69) is 9.71 Å². The standard InChI is InChI=1S/C3H5N2OS/c1-6-3-4-2-7-5-3/h2,5H,1H3. The molecular weight excluding hydrogens is 112 g/mol. The molecule has 1 radical (unpaired) electrons. The van der Waals surface area contributed by atoms with Crippen LogP contribution in [0.25, 0.3) is 0 Å². The second-order valence-corrected chi connectivity index (χ2v) is 1.61. The Kier molecular flexibility index (Phi) is 1.67. The predicted octanol–water partition coefficient (Wildman–Crippen LogP) is 0.359. The third-order valence-corrected chi connectivity index (χ3v) is 1.07. The topological polar surface area (TPSA) is 33.6 Å². The number of ether oxygens (including phenoxy) is 1. The summed E-state index contributed by atoms with van der Waals surface area (Å²) in [6.45, 7) is 0. The first-order valence-electron chi connectivity index (χ1n) is 1.78. The molecule has 0 aromatic rings. The van der Waals surface area contributed by atoms with Crippen LogP contribution in [0.1, 0.15) is 0 Å². The molecule has 7 heavy (non-hydrogen) atoms. The third kappa shape index (κ3) is 1.15. The zero-order chi connectivity index (χ0) is 5.11. The summed E-state index contributed by atoms with van der Waals surface area (Å²) >= 11 is 1.40.